The van der Waals surface area contributed by atoms with Crippen LogP contribution in [0.25, 0.3) is 11.0 Å². The van der Waals surface area contributed by atoms with Crippen LogP contribution in [0.5, 0.6) is 0 Å². The third-order valence-electron chi connectivity index (χ3n) is 6.86. The zero-order chi connectivity index (χ0) is 31.9. The standard InChI is InChI=1S/C32H38N4O9/c1-35-28-22-24(9-10-26(28)36(32(35)40)27-11-12-29(37)34-30(27)38)8-5-14-41-16-18-43-20-21-44-19-17-42-15-13-33-31(39)45-23-25-6-3-2-4-7-25/h2-4,6-7,9-10,22,27H,11-21,23H2,1H3,(H,33,39)(H,34,37,38). The summed E-state index contributed by atoms with van der Waals surface area (Å²) < 4.78 is 29.9. The van der Waals surface area contributed by atoms with E-state index in [1.165, 1.54) is 9.13 Å². The lowest BCUT2D eigenvalue weighted by Crippen LogP contribution is -2.44. The number of hydrogen-bond donors (Lipinski definition) is 2. The molecular weight excluding hydrogens is 584 g/mol. The van der Waals surface area contributed by atoms with Crippen molar-refractivity contribution in [2.75, 3.05) is 59.4 Å². The number of alkyl carbamates (subject to hydrolysis) is 1. The molecule has 2 heterocycles. The number of ether oxygens (including phenoxy) is 5. The molecule has 1 aliphatic heterocycles. The topological polar surface area (TPSA) is 148 Å². The third kappa shape index (κ3) is 10.3. The third-order valence-corrected chi connectivity index (χ3v) is 6.86. The summed E-state index contributed by atoms with van der Waals surface area (Å²) in [6, 6.07) is 14.1. The van der Waals surface area contributed by atoms with Gasteiger partial charge in [-0.1, -0.05) is 42.2 Å². The van der Waals surface area contributed by atoms with Crippen LogP contribution >= 0.6 is 0 Å². The van der Waals surface area contributed by atoms with Crippen LogP contribution in [0, 0.1) is 11.8 Å². The first-order valence-corrected chi connectivity index (χ1v) is 14.7. The largest absolute Gasteiger partial charge is 0.445 e. The van der Waals surface area contributed by atoms with Crippen LogP contribution in [-0.2, 0) is 46.9 Å². The fourth-order valence-electron chi connectivity index (χ4n) is 4.59. The Morgan fingerprint density at radius 3 is 2.31 bits per heavy atom. The predicted octanol–water partition coefficient (Wildman–Crippen LogP) is 1.66. The lowest BCUT2D eigenvalue weighted by molar-refractivity contribution is -0.135. The molecule has 0 spiro atoms. The Kier molecular flexibility index (Phi) is 13.2. The molecule has 1 saturated heterocycles. The van der Waals surface area contributed by atoms with E-state index in [0.717, 1.165) is 5.56 Å². The number of benzene rings is 2. The summed E-state index contributed by atoms with van der Waals surface area (Å²) in [5.41, 5.74) is 2.56. The molecule has 1 unspecified atom stereocenters. The van der Waals surface area contributed by atoms with E-state index in [9.17, 15) is 19.2 Å². The van der Waals surface area contributed by atoms with Gasteiger partial charge in [0.2, 0.25) is 11.8 Å². The zero-order valence-electron chi connectivity index (χ0n) is 25.3. The Morgan fingerprint density at radius 1 is 0.911 bits per heavy atom. The van der Waals surface area contributed by atoms with Crippen molar-refractivity contribution < 1.29 is 38.1 Å². The van der Waals surface area contributed by atoms with Gasteiger partial charge in [-0.2, -0.15) is 0 Å². The van der Waals surface area contributed by atoms with Gasteiger partial charge in [-0.05, 0) is 30.2 Å². The number of piperidine rings is 1. The van der Waals surface area contributed by atoms with E-state index in [4.69, 9.17) is 23.7 Å². The highest BCUT2D eigenvalue weighted by atomic mass is 16.6. The summed E-state index contributed by atoms with van der Waals surface area (Å²) in [4.78, 5) is 48.4. The number of imide groups is 1. The van der Waals surface area contributed by atoms with Crippen LogP contribution in [-0.4, -0.2) is 86.4 Å². The number of aryl methyl sites for hydroxylation is 1. The van der Waals surface area contributed by atoms with E-state index in [1.54, 1.807) is 25.2 Å². The highest BCUT2D eigenvalue weighted by Gasteiger charge is 2.31. The van der Waals surface area contributed by atoms with Gasteiger partial charge in [0.25, 0.3) is 0 Å². The van der Waals surface area contributed by atoms with Crippen LogP contribution in [0.3, 0.4) is 0 Å². The number of carbonyl (C=O) groups excluding carboxylic acids is 3. The molecule has 3 aromatic rings. The molecule has 3 amide bonds. The van der Waals surface area contributed by atoms with Crippen molar-refractivity contribution in [2.24, 2.45) is 7.05 Å². The molecule has 0 radical (unpaired) electrons. The van der Waals surface area contributed by atoms with E-state index >= 15 is 0 Å². The van der Waals surface area contributed by atoms with Crippen molar-refractivity contribution in [3.05, 3.63) is 70.1 Å². The highest BCUT2D eigenvalue weighted by Crippen LogP contribution is 2.23. The Balaban J connectivity index is 1.01. The molecule has 1 atom stereocenters. The quantitative estimate of drug-likeness (QED) is 0.138. The average Bonchev–Trinajstić information content (AvgIpc) is 3.28. The summed E-state index contributed by atoms with van der Waals surface area (Å²) in [6.07, 6.45) is -0.0150. The van der Waals surface area contributed by atoms with Gasteiger partial charge in [0.1, 0.15) is 19.3 Å². The second-order valence-electron chi connectivity index (χ2n) is 10.1. The smallest absolute Gasteiger partial charge is 0.407 e. The number of fused-ring (bicyclic) bond motifs is 1. The summed E-state index contributed by atoms with van der Waals surface area (Å²) in [5.74, 6) is 5.18. The molecule has 2 aromatic carbocycles. The lowest BCUT2D eigenvalue weighted by atomic mass is 10.1. The first-order valence-electron chi connectivity index (χ1n) is 14.7. The van der Waals surface area contributed by atoms with Crippen LogP contribution in [0.2, 0.25) is 0 Å². The molecule has 240 valence electrons. The average molecular weight is 623 g/mol. The molecule has 0 aliphatic carbocycles. The molecule has 45 heavy (non-hydrogen) atoms. The number of hydrogen-bond acceptors (Lipinski definition) is 9. The number of aromatic nitrogens is 2. The molecule has 1 aromatic heterocycles. The van der Waals surface area contributed by atoms with Crippen LogP contribution in [0.15, 0.2) is 53.3 Å². The zero-order valence-corrected chi connectivity index (χ0v) is 25.3. The molecular formula is C32H38N4O9. The fourth-order valence-corrected chi connectivity index (χ4v) is 4.59. The van der Waals surface area contributed by atoms with Gasteiger partial charge in [0, 0.05) is 25.6 Å². The second-order valence-corrected chi connectivity index (χ2v) is 10.1. The molecule has 0 bridgehead atoms. The number of nitrogens with zero attached hydrogens (tertiary/aromatic N) is 2. The minimum Gasteiger partial charge on any atom is -0.445 e. The van der Waals surface area contributed by atoms with Crippen LogP contribution in [0.4, 0.5) is 4.79 Å². The molecule has 2 N–H and O–H groups in total. The fraction of sp³-hybridized carbons (Fsp3) is 0.438. The number of carbonyl (C=O) groups is 3. The number of imidazole rings is 1. The van der Waals surface area contributed by atoms with Crippen molar-refractivity contribution in [3.8, 4) is 11.8 Å². The summed E-state index contributed by atoms with van der Waals surface area (Å²) in [5, 5.41) is 4.93. The summed E-state index contributed by atoms with van der Waals surface area (Å²) in [6.45, 7) is 3.56. The number of amides is 3. The van der Waals surface area contributed by atoms with Crippen molar-refractivity contribution in [1.82, 2.24) is 19.8 Å². The Labute approximate surface area is 260 Å². The molecule has 1 aliphatic rings. The molecule has 1 fully saturated rings. The number of nitrogens with one attached hydrogen (secondary N) is 2. The van der Waals surface area contributed by atoms with E-state index in [-0.39, 0.29) is 37.7 Å². The first kappa shape index (κ1) is 33.4. The van der Waals surface area contributed by atoms with Gasteiger partial charge in [0.15, 0.2) is 0 Å². The van der Waals surface area contributed by atoms with Gasteiger partial charge < -0.3 is 29.0 Å². The minimum atomic E-state index is -0.726. The summed E-state index contributed by atoms with van der Waals surface area (Å²) >= 11 is 0. The molecule has 13 nitrogen and oxygen atoms in total. The van der Waals surface area contributed by atoms with Crippen molar-refractivity contribution in [3.63, 3.8) is 0 Å². The molecule has 4 rings (SSSR count). The Hall–Kier alpha value is -4.48. The van der Waals surface area contributed by atoms with Crippen LogP contribution in [0.1, 0.15) is 30.0 Å². The van der Waals surface area contributed by atoms with Gasteiger partial charge in [-0.15, -0.1) is 0 Å². The minimum absolute atomic E-state index is 0.189. The van der Waals surface area contributed by atoms with Crippen molar-refractivity contribution in [1.29, 1.82) is 0 Å². The maximum Gasteiger partial charge on any atom is 0.407 e. The second kappa shape index (κ2) is 17.7. The Morgan fingerprint density at radius 2 is 1.60 bits per heavy atom. The van der Waals surface area contributed by atoms with Crippen molar-refractivity contribution >= 4 is 28.9 Å². The molecule has 0 saturated carbocycles. The maximum absolute atomic E-state index is 12.9. The lowest BCUT2D eigenvalue weighted by Gasteiger charge is -2.21. The van der Waals surface area contributed by atoms with Gasteiger partial charge in [-0.25, -0.2) is 9.59 Å². The molecule has 13 heteroatoms. The van der Waals surface area contributed by atoms with Gasteiger partial charge in [-0.3, -0.25) is 24.0 Å². The monoisotopic (exact) mass is 622 g/mol. The van der Waals surface area contributed by atoms with E-state index < -0.39 is 18.0 Å². The van der Waals surface area contributed by atoms with E-state index in [0.29, 0.717) is 69.4 Å². The summed E-state index contributed by atoms with van der Waals surface area (Å²) in [7, 11) is 1.64. The maximum atomic E-state index is 12.9. The SMILES string of the molecule is Cn1c(=O)n(C2CCC(=O)NC2=O)c2ccc(C#CCOCCOCCOCCOCCNC(=O)OCc3ccccc3)cc21. The highest BCUT2D eigenvalue weighted by molar-refractivity contribution is 6.00. The number of rotatable bonds is 16. The normalized spacial score (nSPS) is 14.6. The Bertz CT molecular complexity index is 1560. The van der Waals surface area contributed by atoms with Gasteiger partial charge >= 0.3 is 11.8 Å². The van der Waals surface area contributed by atoms with E-state index in [2.05, 4.69) is 22.5 Å². The van der Waals surface area contributed by atoms with Crippen LogP contribution < -0.4 is 16.3 Å². The van der Waals surface area contributed by atoms with Gasteiger partial charge in [0.05, 0.1) is 57.3 Å². The van der Waals surface area contributed by atoms with E-state index in [1.807, 2.05) is 30.3 Å². The predicted molar refractivity (Wildman–Crippen MR) is 163 cm³/mol. The first-order chi connectivity index (χ1) is 21.9. The van der Waals surface area contributed by atoms with Crippen molar-refractivity contribution in [2.45, 2.75) is 25.5 Å².